The van der Waals surface area contributed by atoms with Gasteiger partial charge in [0.2, 0.25) is 5.88 Å². The Balaban J connectivity index is 1.71. The predicted molar refractivity (Wildman–Crippen MR) is 108 cm³/mol. The van der Waals surface area contributed by atoms with E-state index >= 15 is 0 Å². The van der Waals surface area contributed by atoms with E-state index in [2.05, 4.69) is 4.90 Å². The summed E-state index contributed by atoms with van der Waals surface area (Å²) in [6.07, 6.45) is 3.44. The normalized spacial score (nSPS) is 19.6. The second kappa shape index (κ2) is 6.69. The molecule has 0 saturated heterocycles. The molecule has 1 aromatic heterocycles. The molecule has 7 heteroatoms. The Kier molecular flexibility index (Phi) is 4.27. The lowest BCUT2D eigenvalue weighted by Crippen LogP contribution is -2.36. The molecule has 5 nitrogen and oxygen atoms in total. The quantitative estimate of drug-likeness (QED) is 0.679. The second-order valence-electron chi connectivity index (χ2n) is 7.42. The number of rotatable bonds is 3. The van der Waals surface area contributed by atoms with Crippen LogP contribution in [0.4, 0.5) is 0 Å². The first kappa shape index (κ1) is 17.9. The summed E-state index contributed by atoms with van der Waals surface area (Å²) in [6.45, 7) is 1.60. The lowest BCUT2D eigenvalue weighted by molar-refractivity contribution is 0.230. The van der Waals surface area contributed by atoms with E-state index in [4.69, 9.17) is 27.6 Å². The van der Waals surface area contributed by atoms with E-state index < -0.39 is 5.76 Å². The molecule has 2 heterocycles. The Morgan fingerprint density at radius 2 is 1.89 bits per heavy atom. The third kappa shape index (κ3) is 2.94. The van der Waals surface area contributed by atoms with Crippen LogP contribution >= 0.6 is 23.2 Å². The molecule has 0 amide bonds. The standard InChI is InChI=1S/C21H18Cl2N2O3/c22-12-7-15-16(9-24(13-5-6-13)10-17(15)18(23)8-12)14-3-1-2-4-19(14)25-20(26)11-28-21(25)27/h1-4,7-8,11,13,16,26H,5-6,9-10H2/t16-/m0/s1. The highest BCUT2D eigenvalue weighted by atomic mass is 35.5. The minimum absolute atomic E-state index is 0.0297. The zero-order valence-corrected chi connectivity index (χ0v) is 16.5. The summed E-state index contributed by atoms with van der Waals surface area (Å²) in [6, 6.07) is 11.9. The number of aromatic nitrogens is 1. The zero-order valence-electron chi connectivity index (χ0n) is 14.9. The Hall–Kier alpha value is -2.21. The van der Waals surface area contributed by atoms with Crippen LogP contribution in [-0.4, -0.2) is 27.2 Å². The molecular formula is C21H18Cl2N2O3. The number of hydrogen-bond donors (Lipinski definition) is 1. The van der Waals surface area contributed by atoms with Crippen molar-refractivity contribution in [1.82, 2.24) is 9.47 Å². The Morgan fingerprint density at radius 1 is 1.11 bits per heavy atom. The van der Waals surface area contributed by atoms with E-state index in [1.807, 2.05) is 30.3 Å². The van der Waals surface area contributed by atoms with Gasteiger partial charge in [0.25, 0.3) is 0 Å². The average Bonchev–Trinajstić information content (AvgIpc) is 3.47. The van der Waals surface area contributed by atoms with Gasteiger partial charge in [0.1, 0.15) is 0 Å². The van der Waals surface area contributed by atoms with Crippen molar-refractivity contribution >= 4 is 23.2 Å². The highest BCUT2D eigenvalue weighted by molar-refractivity contribution is 6.35. The first-order chi connectivity index (χ1) is 13.5. The minimum Gasteiger partial charge on any atom is -0.492 e. The number of benzene rings is 2. The van der Waals surface area contributed by atoms with Crippen molar-refractivity contribution in [2.45, 2.75) is 31.3 Å². The van der Waals surface area contributed by atoms with Gasteiger partial charge in [0, 0.05) is 35.1 Å². The SMILES string of the molecule is O=c1occ(O)n1-c1ccccc1[C@@H]1CN(C2CC2)Cc2c(Cl)cc(Cl)cc21. The van der Waals surface area contributed by atoms with Crippen molar-refractivity contribution in [3.63, 3.8) is 0 Å². The van der Waals surface area contributed by atoms with E-state index in [0.717, 1.165) is 36.0 Å². The van der Waals surface area contributed by atoms with Gasteiger partial charge in [-0.1, -0.05) is 41.4 Å². The molecule has 2 aliphatic rings. The van der Waals surface area contributed by atoms with Gasteiger partial charge in [0.15, 0.2) is 6.26 Å². The van der Waals surface area contributed by atoms with Crippen molar-refractivity contribution < 1.29 is 9.52 Å². The molecule has 2 aromatic carbocycles. The molecule has 28 heavy (non-hydrogen) atoms. The fourth-order valence-corrected chi connectivity index (χ4v) is 4.76. The lowest BCUT2D eigenvalue weighted by Gasteiger charge is -2.36. The summed E-state index contributed by atoms with van der Waals surface area (Å²) in [5.74, 6) is -0.876. The third-order valence-corrected chi connectivity index (χ3v) is 6.20. The molecule has 0 bridgehead atoms. The number of hydrogen-bond acceptors (Lipinski definition) is 4. The van der Waals surface area contributed by atoms with Crippen molar-refractivity contribution in [1.29, 1.82) is 0 Å². The van der Waals surface area contributed by atoms with Crippen molar-refractivity contribution in [3.05, 3.63) is 79.9 Å². The predicted octanol–water partition coefficient (Wildman–Crippen LogP) is 4.55. The van der Waals surface area contributed by atoms with Crippen LogP contribution < -0.4 is 5.76 Å². The topological polar surface area (TPSA) is 58.6 Å². The van der Waals surface area contributed by atoms with Gasteiger partial charge in [-0.15, -0.1) is 0 Å². The second-order valence-corrected chi connectivity index (χ2v) is 8.27. The highest BCUT2D eigenvalue weighted by Crippen LogP contribution is 2.43. The first-order valence-corrected chi connectivity index (χ1v) is 9.99. The van der Waals surface area contributed by atoms with Crippen LogP contribution in [-0.2, 0) is 6.54 Å². The number of nitrogens with zero attached hydrogens (tertiary/aromatic N) is 2. The molecule has 1 aliphatic heterocycles. The maximum Gasteiger partial charge on any atom is 0.426 e. The Bertz CT molecular complexity index is 1120. The summed E-state index contributed by atoms with van der Waals surface area (Å²) in [5.41, 5.74) is 3.67. The molecule has 0 spiro atoms. The van der Waals surface area contributed by atoms with E-state index in [1.54, 1.807) is 6.07 Å². The molecule has 144 valence electrons. The van der Waals surface area contributed by atoms with Crippen LogP contribution in [0.2, 0.25) is 10.0 Å². The lowest BCUT2D eigenvalue weighted by atomic mass is 9.83. The number of oxazole rings is 1. The highest BCUT2D eigenvalue weighted by Gasteiger charge is 2.37. The number of para-hydroxylation sites is 1. The maximum atomic E-state index is 12.2. The van der Waals surface area contributed by atoms with E-state index in [1.165, 1.54) is 17.4 Å². The van der Waals surface area contributed by atoms with Gasteiger partial charge in [-0.2, -0.15) is 0 Å². The molecule has 1 fully saturated rings. The fourth-order valence-electron chi connectivity index (χ4n) is 4.19. The van der Waals surface area contributed by atoms with Crippen LogP contribution in [0.25, 0.3) is 5.69 Å². The molecule has 5 rings (SSSR count). The number of fused-ring (bicyclic) bond motifs is 1. The maximum absolute atomic E-state index is 12.2. The molecule has 1 saturated carbocycles. The zero-order chi connectivity index (χ0) is 19.4. The van der Waals surface area contributed by atoms with Crippen LogP contribution in [0.15, 0.2) is 51.9 Å². The molecular weight excluding hydrogens is 399 g/mol. The smallest absolute Gasteiger partial charge is 0.426 e. The van der Waals surface area contributed by atoms with Gasteiger partial charge in [-0.3, -0.25) is 4.90 Å². The van der Waals surface area contributed by atoms with Crippen LogP contribution in [0.5, 0.6) is 5.88 Å². The first-order valence-electron chi connectivity index (χ1n) is 9.23. The van der Waals surface area contributed by atoms with Gasteiger partial charge < -0.3 is 9.52 Å². The largest absolute Gasteiger partial charge is 0.492 e. The summed E-state index contributed by atoms with van der Waals surface area (Å²) in [5, 5.41) is 11.4. The summed E-state index contributed by atoms with van der Waals surface area (Å²) in [7, 11) is 0. The van der Waals surface area contributed by atoms with Crippen LogP contribution in [0, 0.1) is 0 Å². The van der Waals surface area contributed by atoms with E-state index in [-0.39, 0.29) is 11.8 Å². The Labute approximate surface area is 171 Å². The van der Waals surface area contributed by atoms with Gasteiger partial charge in [-0.05, 0) is 47.7 Å². The summed E-state index contributed by atoms with van der Waals surface area (Å²) in [4.78, 5) is 14.6. The number of aromatic hydroxyl groups is 1. The molecule has 1 aliphatic carbocycles. The van der Waals surface area contributed by atoms with E-state index in [0.29, 0.717) is 21.8 Å². The van der Waals surface area contributed by atoms with Crippen molar-refractivity contribution in [2.24, 2.45) is 0 Å². The summed E-state index contributed by atoms with van der Waals surface area (Å²) >= 11 is 12.9. The van der Waals surface area contributed by atoms with Gasteiger partial charge in [0.05, 0.1) is 5.69 Å². The molecule has 1 atom stereocenters. The van der Waals surface area contributed by atoms with Crippen molar-refractivity contribution in [3.8, 4) is 11.6 Å². The number of halogens is 2. The van der Waals surface area contributed by atoms with E-state index in [9.17, 15) is 9.90 Å². The monoisotopic (exact) mass is 416 g/mol. The van der Waals surface area contributed by atoms with Crippen molar-refractivity contribution in [2.75, 3.05) is 6.54 Å². The van der Waals surface area contributed by atoms with Crippen LogP contribution in [0.3, 0.4) is 0 Å². The summed E-state index contributed by atoms with van der Waals surface area (Å²) < 4.78 is 6.07. The molecule has 0 radical (unpaired) electrons. The minimum atomic E-state index is -0.621. The van der Waals surface area contributed by atoms with Gasteiger partial charge >= 0.3 is 5.76 Å². The van der Waals surface area contributed by atoms with Crippen LogP contribution in [0.1, 0.15) is 35.4 Å². The molecule has 3 aromatic rings. The molecule has 0 unspecified atom stereocenters. The van der Waals surface area contributed by atoms with Gasteiger partial charge in [-0.25, -0.2) is 9.36 Å². The fraction of sp³-hybridized carbons (Fsp3) is 0.286. The third-order valence-electron chi connectivity index (χ3n) is 5.64. The average molecular weight is 417 g/mol. The molecule has 1 N–H and O–H groups in total. The Morgan fingerprint density at radius 3 is 2.61 bits per heavy atom.